The fourth-order valence-electron chi connectivity index (χ4n) is 16.7. The maximum absolute atomic E-state index is 16.0. The molecule has 4 aliphatic heterocycles. The molecule has 1 aromatic carbocycles. The van der Waals surface area contributed by atoms with Gasteiger partial charge in [0.1, 0.15) is 47.8 Å². The van der Waals surface area contributed by atoms with Crippen molar-refractivity contribution in [2.45, 2.75) is 248 Å². The van der Waals surface area contributed by atoms with E-state index in [1.165, 1.54) is 79.9 Å². The first kappa shape index (κ1) is 81.6. The molecule has 4 saturated heterocycles. The Kier molecular flexibility index (Phi) is 28.3. The lowest BCUT2D eigenvalue weighted by Crippen LogP contribution is -2.65. The van der Waals surface area contributed by atoms with E-state index in [0.717, 1.165) is 78.2 Å². The number of amides is 12. The third-order valence-electron chi connectivity index (χ3n) is 23.2. The number of hydrogen-bond donors (Lipinski definition) is 3. The van der Waals surface area contributed by atoms with Gasteiger partial charge in [-0.3, -0.25) is 57.5 Å². The number of benzene rings is 1. The number of hydrogen-bond acceptors (Lipinski definition) is 13. The molecule has 29 heteroatoms. The highest BCUT2D eigenvalue weighted by Crippen LogP contribution is 2.39. The highest BCUT2D eigenvalue weighted by molar-refractivity contribution is 6.31. The van der Waals surface area contributed by atoms with Crippen LogP contribution in [0.1, 0.15) is 187 Å². The van der Waals surface area contributed by atoms with Gasteiger partial charge in [-0.25, -0.2) is 0 Å². The number of likely N-dealkylation sites (N-methyl/N-ethyl adjacent to an activating group) is 7. The van der Waals surface area contributed by atoms with E-state index in [9.17, 15) is 41.9 Å². The standard InChI is InChI=1S/C74H112ClF3N12O13/c1-12-46(4)63-70(100)84(7)41-61(93)82(5)42-62(94)86(9)57(38-47-22-15-13-16-23-47)68(98)83(6)40-59(91)79-54(32-28-48-27-31-52(53(75)37-48)74(76,77)78)67(97)89-35-21-26-55(89)66(96)81-73(33-19-20-34-73)72(102)88(11)64(49-24-17-14-18-25-49)71(101)87(10)58(69(99)90-50-29-30-51(90)44-103-43-50)39-60(92)85(8)56(36-45(2)3)65(95)80-63/h27,31,37,45-47,49-51,54-58,63-64H,12-26,28-30,32-36,38-44H2,1-11H3,(H,79,91)(H,80,95)(H,81,96)/t46-,50?,51?,54-,55-,56-,57-,58-,63-,64-/m0/s1. The smallest absolute Gasteiger partial charge is 0.377 e. The molecule has 0 radical (unpaired) electrons. The van der Waals surface area contributed by atoms with E-state index in [1.807, 2.05) is 20.8 Å². The molecular weight excluding hydrogens is 1360 g/mol. The van der Waals surface area contributed by atoms with E-state index in [1.54, 1.807) is 11.8 Å². The average molecular weight is 1470 g/mol. The number of aryl methyl sites for hydroxylation is 1. The van der Waals surface area contributed by atoms with E-state index in [-0.39, 0.29) is 88.6 Å². The molecule has 1 aromatic rings. The van der Waals surface area contributed by atoms with E-state index < -0.39 is 173 Å². The molecule has 3 aliphatic carbocycles. The summed E-state index contributed by atoms with van der Waals surface area (Å²) in [7, 11) is 10.0. The summed E-state index contributed by atoms with van der Waals surface area (Å²) in [6, 6.07) is -6.33. The van der Waals surface area contributed by atoms with Gasteiger partial charge in [0.15, 0.2) is 0 Å². The lowest BCUT2D eigenvalue weighted by molar-refractivity contribution is -0.159. The molecule has 4 heterocycles. The largest absolute Gasteiger partial charge is 0.417 e. The Balaban J connectivity index is 1.18. The monoisotopic (exact) mass is 1470 g/mol. The summed E-state index contributed by atoms with van der Waals surface area (Å²) in [5.41, 5.74) is -2.35. The quantitative estimate of drug-likeness (QED) is 0.237. The number of ether oxygens (including phenoxy) is 1. The first-order chi connectivity index (χ1) is 48.7. The summed E-state index contributed by atoms with van der Waals surface area (Å²) in [6.07, 6.45) is 5.95. The van der Waals surface area contributed by atoms with Crippen molar-refractivity contribution >= 4 is 82.5 Å². The number of morpholine rings is 1. The van der Waals surface area contributed by atoms with Gasteiger partial charge in [0, 0.05) is 55.9 Å². The van der Waals surface area contributed by atoms with Crippen LogP contribution >= 0.6 is 11.6 Å². The zero-order valence-corrected chi connectivity index (χ0v) is 63.1. The fraction of sp³-hybridized carbons (Fsp3) is 0.757. The van der Waals surface area contributed by atoms with Crippen molar-refractivity contribution in [3.05, 3.63) is 34.3 Å². The third-order valence-corrected chi connectivity index (χ3v) is 23.5. The second kappa shape index (κ2) is 35.8. The topological polar surface area (TPSA) is 279 Å². The van der Waals surface area contributed by atoms with Crippen molar-refractivity contribution < 1.29 is 75.4 Å². The van der Waals surface area contributed by atoms with Crippen LogP contribution in [0.5, 0.6) is 0 Å². The Morgan fingerprint density at radius 2 is 1.24 bits per heavy atom. The number of nitrogens with one attached hydrogen (secondary N) is 3. The zero-order valence-electron chi connectivity index (χ0n) is 62.3. The van der Waals surface area contributed by atoms with Gasteiger partial charge in [-0.1, -0.05) is 116 Å². The molecule has 10 atom stereocenters. The highest BCUT2D eigenvalue weighted by atomic mass is 35.5. The van der Waals surface area contributed by atoms with Crippen LogP contribution in [0.3, 0.4) is 0 Å². The lowest BCUT2D eigenvalue weighted by Gasteiger charge is -2.44. The Morgan fingerprint density at radius 3 is 1.84 bits per heavy atom. The summed E-state index contributed by atoms with van der Waals surface area (Å²) in [4.78, 5) is 192. The van der Waals surface area contributed by atoms with Crippen molar-refractivity contribution in [3.8, 4) is 0 Å². The molecule has 7 fully saturated rings. The van der Waals surface area contributed by atoms with Crippen LogP contribution < -0.4 is 16.0 Å². The summed E-state index contributed by atoms with van der Waals surface area (Å²) >= 11 is 6.17. The third kappa shape index (κ3) is 19.7. The molecule has 103 heavy (non-hydrogen) atoms. The molecule has 8 rings (SSSR count). The summed E-state index contributed by atoms with van der Waals surface area (Å²) in [6.45, 7) is 6.18. The molecule has 7 aliphatic rings. The van der Waals surface area contributed by atoms with Gasteiger partial charge in [0.2, 0.25) is 70.9 Å². The molecule has 12 amide bonds. The second-order valence-electron chi connectivity index (χ2n) is 31.0. The molecule has 25 nitrogen and oxygen atoms in total. The molecule has 2 unspecified atom stereocenters. The Bertz CT molecular complexity index is 3240. The number of rotatable bonds is 11. The van der Waals surface area contributed by atoms with Crippen molar-refractivity contribution in [2.75, 3.05) is 88.7 Å². The van der Waals surface area contributed by atoms with Crippen molar-refractivity contribution in [2.24, 2.45) is 23.7 Å². The maximum atomic E-state index is 16.0. The SMILES string of the molecule is CC[C@H](C)[C@@H]1NC(=O)[C@H](CC(C)C)N(C)C(=O)C[C@@H](C(=O)N2C3CCC2COC3)N(C)C(=O)[C@H](C2CCCCC2)N(C)C(=O)C2(CCCC2)NC(=O)[C@@H]2CCCN2C(=O)[C@H](CCc2ccc(C(F)(F)F)c(Cl)c2)NC(=O)CN(C)C(=O)[C@H](CC2CCCCC2)N(C)C(=O)CN(C)C(=O)CN(C)C1=O. The van der Waals surface area contributed by atoms with Crippen molar-refractivity contribution in [1.29, 1.82) is 0 Å². The normalized spacial score (nSPS) is 28.4. The van der Waals surface area contributed by atoms with Gasteiger partial charge >= 0.3 is 6.18 Å². The van der Waals surface area contributed by atoms with Gasteiger partial charge in [0.05, 0.1) is 61.9 Å². The van der Waals surface area contributed by atoms with Crippen LogP contribution in [0.4, 0.5) is 13.2 Å². The van der Waals surface area contributed by atoms with Gasteiger partial charge in [-0.05, 0) is 118 Å². The van der Waals surface area contributed by atoms with E-state index in [2.05, 4.69) is 16.0 Å². The van der Waals surface area contributed by atoms with Gasteiger partial charge in [-0.2, -0.15) is 13.2 Å². The summed E-state index contributed by atoms with van der Waals surface area (Å²) < 4.78 is 47.6. The van der Waals surface area contributed by atoms with E-state index in [4.69, 9.17) is 16.3 Å². The fourth-order valence-corrected chi connectivity index (χ4v) is 17.0. The minimum absolute atomic E-state index is 0.0164. The summed E-state index contributed by atoms with van der Waals surface area (Å²) in [5.74, 6) is -8.82. The van der Waals surface area contributed by atoms with E-state index >= 15 is 28.8 Å². The maximum Gasteiger partial charge on any atom is 0.417 e. The molecular formula is C74H112ClF3N12O13. The zero-order chi connectivity index (χ0) is 75.5. The van der Waals surface area contributed by atoms with Crippen LogP contribution in [0.15, 0.2) is 18.2 Å². The van der Waals surface area contributed by atoms with Gasteiger partial charge < -0.3 is 64.8 Å². The first-order valence-electron chi connectivity index (χ1n) is 37.4. The van der Waals surface area contributed by atoms with Crippen LogP contribution in [0.25, 0.3) is 0 Å². The first-order valence-corrected chi connectivity index (χ1v) is 37.8. The second-order valence-corrected chi connectivity index (χ2v) is 31.4. The minimum Gasteiger partial charge on any atom is -0.377 e. The van der Waals surface area contributed by atoms with E-state index in [0.29, 0.717) is 56.9 Å². The minimum atomic E-state index is -4.76. The van der Waals surface area contributed by atoms with Gasteiger partial charge in [0.25, 0.3) is 0 Å². The average Bonchev–Trinajstić information content (AvgIpc) is 1.76. The number of carbonyl (C=O) groups is 12. The molecule has 3 N–H and O–H groups in total. The van der Waals surface area contributed by atoms with Crippen LogP contribution in [-0.4, -0.2) is 264 Å². The van der Waals surface area contributed by atoms with Crippen LogP contribution in [0.2, 0.25) is 5.02 Å². The molecule has 3 saturated carbocycles. The van der Waals surface area contributed by atoms with Crippen LogP contribution in [0, 0.1) is 23.7 Å². The van der Waals surface area contributed by atoms with Crippen molar-refractivity contribution in [3.63, 3.8) is 0 Å². The van der Waals surface area contributed by atoms with Gasteiger partial charge in [-0.15, -0.1) is 0 Å². The Morgan fingerprint density at radius 1 is 0.641 bits per heavy atom. The number of nitrogens with zero attached hydrogens (tertiary/aromatic N) is 9. The predicted octanol–water partition coefficient (Wildman–Crippen LogP) is 5.80. The lowest BCUT2D eigenvalue weighted by atomic mass is 9.81. The summed E-state index contributed by atoms with van der Waals surface area (Å²) in [5, 5.41) is 8.21. The number of fused-ring (bicyclic) bond motifs is 3. The Hall–Kier alpha value is -7.10. The Labute approximate surface area is 610 Å². The number of halogens is 4. The number of alkyl halides is 3. The molecule has 1 spiro atoms. The molecule has 2 bridgehead atoms. The molecule has 574 valence electrons. The highest BCUT2D eigenvalue weighted by Gasteiger charge is 2.53. The van der Waals surface area contributed by atoms with Crippen LogP contribution in [-0.2, 0) is 74.9 Å². The number of carbonyl (C=O) groups excluding carboxylic acids is 12. The van der Waals surface area contributed by atoms with Crippen molar-refractivity contribution in [1.82, 2.24) is 60.0 Å². The molecule has 0 aromatic heterocycles. The predicted molar refractivity (Wildman–Crippen MR) is 378 cm³/mol.